The summed E-state index contributed by atoms with van der Waals surface area (Å²) in [6, 6.07) is 23.0. The molecule has 1 N–H and O–H groups in total. The van der Waals surface area contributed by atoms with Gasteiger partial charge in [-0.2, -0.15) is 0 Å². The van der Waals surface area contributed by atoms with E-state index in [0.29, 0.717) is 29.9 Å². The fourth-order valence-corrected chi connectivity index (χ4v) is 5.82. The molecular formula is C27H25ClN4O3S. The van der Waals surface area contributed by atoms with Crippen LogP contribution in [0.4, 0.5) is 5.69 Å². The number of fused-ring (bicyclic) bond motifs is 1. The van der Waals surface area contributed by atoms with Gasteiger partial charge in [0.2, 0.25) is 0 Å². The smallest absolute Gasteiger partial charge is 0.264 e. The molecular weight excluding hydrogens is 496 g/mol. The van der Waals surface area contributed by atoms with Crippen molar-refractivity contribution in [1.29, 1.82) is 0 Å². The zero-order chi connectivity index (χ0) is 25.1. The highest BCUT2D eigenvalue weighted by Gasteiger charge is 2.23. The maximum absolute atomic E-state index is 13.0. The Morgan fingerprint density at radius 2 is 1.64 bits per heavy atom. The Hall–Kier alpha value is -3.46. The van der Waals surface area contributed by atoms with Crippen molar-refractivity contribution in [1.82, 2.24) is 14.8 Å². The number of carbonyl (C=O) groups is 1. The number of carbonyl (C=O) groups excluding carboxylic acids is 1. The average molecular weight is 521 g/mol. The van der Waals surface area contributed by atoms with Gasteiger partial charge in [0.25, 0.3) is 15.9 Å². The van der Waals surface area contributed by atoms with Crippen molar-refractivity contribution in [2.45, 2.75) is 11.4 Å². The van der Waals surface area contributed by atoms with Crippen molar-refractivity contribution in [3.63, 3.8) is 0 Å². The first-order valence-corrected chi connectivity index (χ1v) is 13.5. The number of aromatic nitrogens is 1. The van der Waals surface area contributed by atoms with Crippen molar-refractivity contribution in [2.24, 2.45) is 0 Å². The molecule has 1 aliphatic rings. The SMILES string of the molecule is O=C(c1ccc(NS(=O)(=O)c2cccc3cccnc23)cc1)N1CCN(Cc2cccc(Cl)c2)CC1. The van der Waals surface area contributed by atoms with Crippen LogP contribution < -0.4 is 4.72 Å². The molecule has 9 heteroatoms. The second kappa shape index (κ2) is 10.3. The van der Waals surface area contributed by atoms with E-state index in [2.05, 4.69) is 20.7 Å². The number of benzene rings is 3. The molecule has 0 aliphatic carbocycles. The number of pyridine rings is 1. The summed E-state index contributed by atoms with van der Waals surface area (Å²) >= 11 is 6.08. The molecule has 1 aromatic heterocycles. The Balaban J connectivity index is 1.21. The van der Waals surface area contributed by atoms with E-state index < -0.39 is 10.0 Å². The summed E-state index contributed by atoms with van der Waals surface area (Å²) in [5, 5.41) is 1.47. The molecule has 5 rings (SSSR count). The van der Waals surface area contributed by atoms with Gasteiger partial charge in [0.15, 0.2) is 0 Å². The molecule has 1 fully saturated rings. The van der Waals surface area contributed by atoms with Gasteiger partial charge in [-0.15, -0.1) is 0 Å². The van der Waals surface area contributed by atoms with Crippen LogP contribution in [0.2, 0.25) is 5.02 Å². The van der Waals surface area contributed by atoms with Crippen LogP contribution in [0, 0.1) is 0 Å². The third-order valence-corrected chi connectivity index (χ3v) is 7.87. The van der Waals surface area contributed by atoms with Crippen molar-refractivity contribution >= 4 is 44.1 Å². The molecule has 184 valence electrons. The summed E-state index contributed by atoms with van der Waals surface area (Å²) in [4.78, 5) is 21.5. The molecule has 7 nitrogen and oxygen atoms in total. The number of nitrogens with one attached hydrogen (secondary N) is 1. The fourth-order valence-electron chi connectivity index (χ4n) is 4.37. The number of piperazine rings is 1. The number of para-hydroxylation sites is 1. The summed E-state index contributed by atoms with van der Waals surface area (Å²) in [5.74, 6) is -0.0648. The van der Waals surface area contributed by atoms with Gasteiger partial charge in [-0.3, -0.25) is 19.4 Å². The lowest BCUT2D eigenvalue weighted by atomic mass is 10.1. The second-order valence-corrected chi connectivity index (χ2v) is 10.8. The molecule has 36 heavy (non-hydrogen) atoms. The van der Waals surface area contributed by atoms with Crippen LogP contribution >= 0.6 is 11.6 Å². The Morgan fingerprint density at radius 1 is 0.917 bits per heavy atom. The third-order valence-electron chi connectivity index (χ3n) is 6.22. The lowest BCUT2D eigenvalue weighted by Crippen LogP contribution is -2.48. The number of hydrogen-bond acceptors (Lipinski definition) is 5. The highest BCUT2D eigenvalue weighted by Crippen LogP contribution is 2.24. The molecule has 0 bridgehead atoms. The third kappa shape index (κ3) is 5.36. The summed E-state index contributed by atoms with van der Waals surface area (Å²) in [5.41, 5.74) is 2.47. The molecule has 4 aromatic rings. The van der Waals surface area contributed by atoms with E-state index in [1.165, 1.54) is 6.07 Å². The first-order chi connectivity index (χ1) is 17.4. The van der Waals surface area contributed by atoms with E-state index in [4.69, 9.17) is 11.6 Å². The largest absolute Gasteiger partial charge is 0.336 e. The van der Waals surface area contributed by atoms with Crippen LogP contribution in [0.1, 0.15) is 15.9 Å². The molecule has 0 radical (unpaired) electrons. The molecule has 1 aliphatic heterocycles. The lowest BCUT2D eigenvalue weighted by Gasteiger charge is -2.34. The van der Waals surface area contributed by atoms with Crippen LogP contribution in [0.25, 0.3) is 10.9 Å². The maximum Gasteiger partial charge on any atom is 0.264 e. The van der Waals surface area contributed by atoms with Gasteiger partial charge in [0.05, 0.1) is 5.52 Å². The molecule has 0 spiro atoms. The van der Waals surface area contributed by atoms with Gasteiger partial charge in [0, 0.05) is 60.6 Å². The quantitative estimate of drug-likeness (QED) is 0.400. The summed E-state index contributed by atoms with van der Waals surface area (Å²) in [6.45, 7) is 3.60. The Morgan fingerprint density at radius 3 is 2.39 bits per heavy atom. The number of sulfonamides is 1. The minimum atomic E-state index is -3.85. The number of amides is 1. The predicted octanol–water partition coefficient (Wildman–Crippen LogP) is 4.65. The van der Waals surface area contributed by atoms with E-state index in [0.717, 1.165) is 35.6 Å². The van der Waals surface area contributed by atoms with Crippen LogP contribution in [0.3, 0.4) is 0 Å². The van der Waals surface area contributed by atoms with Crippen LogP contribution in [-0.2, 0) is 16.6 Å². The summed E-state index contributed by atoms with van der Waals surface area (Å²) < 4.78 is 28.6. The molecule has 1 saturated heterocycles. The monoisotopic (exact) mass is 520 g/mol. The molecule has 0 saturated carbocycles. The fraction of sp³-hybridized carbons (Fsp3) is 0.185. The van der Waals surface area contributed by atoms with E-state index >= 15 is 0 Å². The number of halogens is 1. The number of anilines is 1. The maximum atomic E-state index is 13.0. The highest BCUT2D eigenvalue weighted by molar-refractivity contribution is 7.93. The van der Waals surface area contributed by atoms with Crippen molar-refractivity contribution in [3.05, 3.63) is 101 Å². The summed E-state index contributed by atoms with van der Waals surface area (Å²) in [6.07, 6.45) is 1.57. The normalized spacial score (nSPS) is 14.6. The first-order valence-electron chi connectivity index (χ1n) is 11.6. The zero-order valence-corrected chi connectivity index (χ0v) is 21.0. The topological polar surface area (TPSA) is 82.6 Å². The second-order valence-electron chi connectivity index (χ2n) is 8.71. The van der Waals surface area contributed by atoms with Gasteiger partial charge in [0.1, 0.15) is 4.90 Å². The number of hydrogen-bond donors (Lipinski definition) is 1. The van der Waals surface area contributed by atoms with Crippen LogP contribution in [-0.4, -0.2) is 55.3 Å². The Kier molecular flexibility index (Phi) is 6.91. The Bertz CT molecular complexity index is 1500. The minimum Gasteiger partial charge on any atom is -0.336 e. The highest BCUT2D eigenvalue weighted by atomic mass is 35.5. The van der Waals surface area contributed by atoms with E-state index in [9.17, 15) is 13.2 Å². The molecule has 3 aromatic carbocycles. The summed E-state index contributed by atoms with van der Waals surface area (Å²) in [7, 11) is -3.85. The standard InChI is InChI=1S/C27H25ClN4O3S/c28-23-7-1-4-20(18-23)19-31-14-16-32(17-15-31)27(33)22-9-11-24(12-10-22)30-36(34,35)25-8-2-5-21-6-3-13-29-26(21)25/h1-13,18,30H,14-17,19H2. The van der Waals surface area contributed by atoms with Crippen molar-refractivity contribution in [3.8, 4) is 0 Å². The molecule has 0 atom stereocenters. The lowest BCUT2D eigenvalue weighted by molar-refractivity contribution is 0.0628. The van der Waals surface area contributed by atoms with E-state index in [1.54, 1.807) is 42.6 Å². The van der Waals surface area contributed by atoms with Crippen molar-refractivity contribution in [2.75, 3.05) is 30.9 Å². The van der Waals surface area contributed by atoms with Crippen LogP contribution in [0.15, 0.2) is 90.0 Å². The van der Waals surface area contributed by atoms with Gasteiger partial charge in [-0.25, -0.2) is 8.42 Å². The first kappa shape index (κ1) is 24.2. The number of nitrogens with zero attached hydrogens (tertiary/aromatic N) is 3. The minimum absolute atomic E-state index is 0.0648. The van der Waals surface area contributed by atoms with Gasteiger partial charge >= 0.3 is 0 Å². The molecule has 2 heterocycles. The molecule has 1 amide bonds. The van der Waals surface area contributed by atoms with Gasteiger partial charge in [-0.1, -0.05) is 41.9 Å². The average Bonchev–Trinajstić information content (AvgIpc) is 2.89. The van der Waals surface area contributed by atoms with E-state index in [-0.39, 0.29) is 10.8 Å². The Labute approximate surface area is 215 Å². The predicted molar refractivity (Wildman–Crippen MR) is 142 cm³/mol. The van der Waals surface area contributed by atoms with Gasteiger partial charge < -0.3 is 4.90 Å². The number of rotatable bonds is 6. The van der Waals surface area contributed by atoms with Crippen molar-refractivity contribution < 1.29 is 13.2 Å². The van der Waals surface area contributed by atoms with Crippen LogP contribution in [0.5, 0.6) is 0 Å². The van der Waals surface area contributed by atoms with Gasteiger partial charge in [-0.05, 0) is 54.1 Å². The van der Waals surface area contributed by atoms with E-state index in [1.807, 2.05) is 35.2 Å². The zero-order valence-electron chi connectivity index (χ0n) is 19.5. The molecule has 0 unspecified atom stereocenters.